The van der Waals surface area contributed by atoms with Gasteiger partial charge in [-0.25, -0.2) is 0 Å². The lowest BCUT2D eigenvalue weighted by Crippen LogP contribution is -2.44. The Bertz CT molecular complexity index is 467. The second-order valence-corrected chi connectivity index (χ2v) is 4.70. The zero-order valence-corrected chi connectivity index (χ0v) is 11.6. The molecule has 0 aliphatic rings. The number of hydrogen-bond acceptors (Lipinski definition) is 3. The van der Waals surface area contributed by atoms with Crippen molar-refractivity contribution in [2.45, 2.75) is 39.0 Å². The summed E-state index contributed by atoms with van der Waals surface area (Å²) in [6, 6.07) is 6.12. The molecule has 6 heteroatoms. The lowest BCUT2D eigenvalue weighted by molar-refractivity contribution is -0.234. The number of ether oxygens (including phenoxy) is 2. The van der Waals surface area contributed by atoms with Gasteiger partial charge in [-0.3, -0.25) is 4.79 Å². The Kier molecular flexibility index (Phi) is 5.03. The van der Waals surface area contributed by atoms with Crippen molar-refractivity contribution in [1.82, 2.24) is 0 Å². The summed E-state index contributed by atoms with van der Waals surface area (Å²) in [5.74, 6) is -0.476. The van der Waals surface area contributed by atoms with Gasteiger partial charge in [0.05, 0.1) is 13.0 Å². The molecule has 0 amide bonds. The second-order valence-electron chi connectivity index (χ2n) is 4.70. The minimum Gasteiger partial charge on any atom is -0.478 e. The molecular formula is C14H17F3O3. The van der Waals surface area contributed by atoms with Crippen LogP contribution in [0, 0.1) is 0 Å². The van der Waals surface area contributed by atoms with Gasteiger partial charge in [0.25, 0.3) is 0 Å². The predicted molar refractivity (Wildman–Crippen MR) is 67.5 cm³/mol. The minimum absolute atomic E-state index is 0.0304. The first-order valence-corrected chi connectivity index (χ1v) is 6.16. The molecule has 20 heavy (non-hydrogen) atoms. The maximum Gasteiger partial charge on any atom is 0.427 e. The van der Waals surface area contributed by atoms with Crippen molar-refractivity contribution in [2.24, 2.45) is 0 Å². The number of carbonyl (C=O) groups excluding carboxylic acids is 1. The van der Waals surface area contributed by atoms with E-state index >= 15 is 0 Å². The predicted octanol–water partition coefficient (Wildman–Crippen LogP) is 3.51. The molecule has 0 bridgehead atoms. The van der Waals surface area contributed by atoms with E-state index in [9.17, 15) is 18.0 Å². The van der Waals surface area contributed by atoms with Crippen LogP contribution in [-0.4, -0.2) is 24.4 Å². The monoisotopic (exact) mass is 290 g/mol. The van der Waals surface area contributed by atoms with E-state index in [-0.39, 0.29) is 18.8 Å². The van der Waals surface area contributed by atoms with Gasteiger partial charge in [0.1, 0.15) is 5.75 Å². The number of para-hydroxylation sites is 1. The standard InChI is InChI=1S/C14H17F3O3/c1-4-19-12(18)9-10-7-5-6-8-11(10)20-13(2,3)14(15,16)17/h5-8H,4,9H2,1-3H3. The van der Waals surface area contributed by atoms with Crippen LogP contribution in [0.4, 0.5) is 13.2 Å². The average molecular weight is 290 g/mol. The van der Waals surface area contributed by atoms with Crippen LogP contribution in [0.2, 0.25) is 0 Å². The van der Waals surface area contributed by atoms with Crippen LogP contribution in [0.15, 0.2) is 24.3 Å². The summed E-state index contributed by atoms with van der Waals surface area (Å²) in [6.45, 7) is 3.76. The highest BCUT2D eigenvalue weighted by molar-refractivity contribution is 5.73. The molecule has 3 nitrogen and oxygen atoms in total. The Labute approximate surface area is 115 Å². The normalized spacial score (nSPS) is 12.1. The number of rotatable bonds is 5. The number of halogens is 3. The first kappa shape index (κ1) is 16.3. The Hall–Kier alpha value is -1.72. The van der Waals surface area contributed by atoms with E-state index < -0.39 is 17.7 Å². The van der Waals surface area contributed by atoms with E-state index in [0.717, 1.165) is 13.8 Å². The molecule has 0 radical (unpaired) electrons. The summed E-state index contributed by atoms with van der Waals surface area (Å²) in [5, 5.41) is 0. The van der Waals surface area contributed by atoms with Crippen molar-refractivity contribution >= 4 is 5.97 Å². The molecule has 0 aromatic heterocycles. The molecule has 0 atom stereocenters. The van der Waals surface area contributed by atoms with Crippen molar-refractivity contribution < 1.29 is 27.4 Å². The fourth-order valence-corrected chi connectivity index (χ4v) is 1.45. The zero-order chi connectivity index (χ0) is 15.4. The lowest BCUT2D eigenvalue weighted by Gasteiger charge is -2.29. The molecule has 0 saturated carbocycles. The summed E-state index contributed by atoms with van der Waals surface area (Å²) in [7, 11) is 0. The summed E-state index contributed by atoms with van der Waals surface area (Å²) in [5.41, 5.74) is -1.97. The smallest absolute Gasteiger partial charge is 0.427 e. The van der Waals surface area contributed by atoms with Crippen LogP contribution >= 0.6 is 0 Å². The average Bonchev–Trinajstić information content (AvgIpc) is 2.30. The van der Waals surface area contributed by atoms with Crippen LogP contribution in [0.1, 0.15) is 26.3 Å². The number of alkyl halides is 3. The van der Waals surface area contributed by atoms with Crippen LogP contribution in [-0.2, 0) is 16.0 Å². The maximum atomic E-state index is 12.8. The number of carbonyl (C=O) groups is 1. The lowest BCUT2D eigenvalue weighted by atomic mass is 10.1. The molecule has 0 spiro atoms. The molecule has 0 aliphatic heterocycles. The van der Waals surface area contributed by atoms with Gasteiger partial charge in [-0.2, -0.15) is 13.2 Å². The largest absolute Gasteiger partial charge is 0.478 e. The molecule has 0 unspecified atom stereocenters. The molecular weight excluding hydrogens is 273 g/mol. The Morgan fingerprint density at radius 1 is 1.20 bits per heavy atom. The van der Waals surface area contributed by atoms with Gasteiger partial charge in [0.2, 0.25) is 0 Å². The molecule has 0 fully saturated rings. The van der Waals surface area contributed by atoms with Gasteiger partial charge in [-0.15, -0.1) is 0 Å². The number of hydrogen-bond donors (Lipinski definition) is 0. The van der Waals surface area contributed by atoms with E-state index in [1.807, 2.05) is 0 Å². The third-order valence-corrected chi connectivity index (χ3v) is 2.66. The van der Waals surface area contributed by atoms with Crippen molar-refractivity contribution in [2.75, 3.05) is 6.61 Å². The van der Waals surface area contributed by atoms with Crippen LogP contribution in [0.3, 0.4) is 0 Å². The fraction of sp³-hybridized carbons (Fsp3) is 0.500. The SMILES string of the molecule is CCOC(=O)Cc1ccccc1OC(C)(C)C(F)(F)F. The van der Waals surface area contributed by atoms with Gasteiger partial charge < -0.3 is 9.47 Å². The zero-order valence-electron chi connectivity index (χ0n) is 11.6. The Morgan fingerprint density at radius 3 is 2.35 bits per heavy atom. The van der Waals surface area contributed by atoms with Crippen molar-refractivity contribution in [3.05, 3.63) is 29.8 Å². The van der Waals surface area contributed by atoms with Crippen molar-refractivity contribution in [3.8, 4) is 5.75 Å². The number of benzene rings is 1. The van der Waals surface area contributed by atoms with E-state index in [1.54, 1.807) is 25.1 Å². The molecule has 0 heterocycles. The molecule has 0 N–H and O–H groups in total. The molecule has 112 valence electrons. The van der Waals surface area contributed by atoms with Crippen LogP contribution in [0.5, 0.6) is 5.75 Å². The second kappa shape index (κ2) is 6.15. The molecule has 0 saturated heterocycles. The van der Waals surface area contributed by atoms with Gasteiger partial charge >= 0.3 is 12.1 Å². The third kappa shape index (κ3) is 4.15. The first-order valence-electron chi connectivity index (χ1n) is 6.16. The van der Waals surface area contributed by atoms with Gasteiger partial charge in [0.15, 0.2) is 5.60 Å². The van der Waals surface area contributed by atoms with Crippen molar-refractivity contribution in [3.63, 3.8) is 0 Å². The fourth-order valence-electron chi connectivity index (χ4n) is 1.45. The van der Waals surface area contributed by atoms with E-state index in [1.165, 1.54) is 6.07 Å². The van der Waals surface area contributed by atoms with Crippen LogP contribution in [0.25, 0.3) is 0 Å². The van der Waals surface area contributed by atoms with Gasteiger partial charge in [0, 0.05) is 5.56 Å². The topological polar surface area (TPSA) is 35.5 Å². The highest BCUT2D eigenvalue weighted by Gasteiger charge is 2.50. The quantitative estimate of drug-likeness (QED) is 0.778. The maximum absolute atomic E-state index is 12.8. The summed E-state index contributed by atoms with van der Waals surface area (Å²) < 4.78 is 48.3. The molecule has 0 aliphatic carbocycles. The Morgan fingerprint density at radius 2 is 1.80 bits per heavy atom. The van der Waals surface area contributed by atoms with Gasteiger partial charge in [-0.1, -0.05) is 18.2 Å². The first-order chi connectivity index (χ1) is 9.17. The molecule has 1 aromatic rings. The summed E-state index contributed by atoms with van der Waals surface area (Å²) >= 11 is 0. The molecule has 1 aromatic carbocycles. The minimum atomic E-state index is -4.51. The third-order valence-electron chi connectivity index (χ3n) is 2.66. The van der Waals surface area contributed by atoms with Gasteiger partial charge in [-0.05, 0) is 26.8 Å². The Balaban J connectivity index is 2.94. The van der Waals surface area contributed by atoms with Crippen LogP contribution < -0.4 is 4.74 Å². The van der Waals surface area contributed by atoms with E-state index in [2.05, 4.69) is 0 Å². The highest BCUT2D eigenvalue weighted by atomic mass is 19.4. The van der Waals surface area contributed by atoms with E-state index in [0.29, 0.717) is 5.56 Å². The summed E-state index contributed by atoms with van der Waals surface area (Å²) in [6.07, 6.45) is -4.64. The highest BCUT2D eigenvalue weighted by Crippen LogP contribution is 2.35. The molecule has 1 rings (SSSR count). The summed E-state index contributed by atoms with van der Waals surface area (Å²) in [4.78, 5) is 11.4. The number of esters is 1. The van der Waals surface area contributed by atoms with E-state index in [4.69, 9.17) is 9.47 Å². The van der Waals surface area contributed by atoms with Crippen molar-refractivity contribution in [1.29, 1.82) is 0 Å².